The topological polar surface area (TPSA) is 146 Å². The van der Waals surface area contributed by atoms with Crippen LogP contribution in [0, 0.1) is 11.8 Å². The van der Waals surface area contributed by atoms with Crippen molar-refractivity contribution in [3.63, 3.8) is 0 Å². The number of aromatic amines is 1. The fraction of sp³-hybridized carbons (Fsp3) is 0.533. The Balaban J connectivity index is 0.000000296. The highest BCUT2D eigenvalue weighted by Crippen LogP contribution is 2.26. The molecule has 1 aromatic carbocycles. The third-order valence-corrected chi connectivity index (χ3v) is 6.13. The van der Waals surface area contributed by atoms with Crippen molar-refractivity contribution >= 4 is 28.9 Å². The van der Waals surface area contributed by atoms with Gasteiger partial charge in [0.1, 0.15) is 23.3 Å². The molecule has 0 fully saturated rings. The molecule has 0 aliphatic heterocycles. The maximum Gasteiger partial charge on any atom is 0.410 e. The number of rotatable bonds is 9. The van der Waals surface area contributed by atoms with E-state index in [2.05, 4.69) is 41.3 Å². The molecule has 2 aromatic heterocycles. The molecule has 0 radical (unpaired) electrons. The quantitative estimate of drug-likeness (QED) is 0.257. The predicted octanol–water partition coefficient (Wildman–Crippen LogP) is 5.87. The Hall–Kier alpha value is -3.66. The number of carbonyl (C=O) groups excluding carboxylic acids is 1. The zero-order chi connectivity index (χ0) is 30.2. The summed E-state index contributed by atoms with van der Waals surface area (Å²) in [5, 5.41) is 12.4. The fourth-order valence-corrected chi connectivity index (χ4v) is 4.17. The van der Waals surface area contributed by atoms with Gasteiger partial charge >= 0.3 is 12.1 Å². The van der Waals surface area contributed by atoms with Gasteiger partial charge in [-0.3, -0.25) is 4.90 Å². The molecule has 0 aliphatic rings. The van der Waals surface area contributed by atoms with E-state index in [1.54, 1.807) is 27.0 Å². The lowest BCUT2D eigenvalue weighted by Gasteiger charge is -2.29. The minimum Gasteiger partial charge on any atom is -0.480 e. The van der Waals surface area contributed by atoms with Crippen LogP contribution in [0.1, 0.15) is 73.2 Å². The van der Waals surface area contributed by atoms with Gasteiger partial charge in [-0.1, -0.05) is 33.8 Å². The number of hydrogen-bond acceptors (Lipinski definition) is 7. The third kappa shape index (κ3) is 9.82. The van der Waals surface area contributed by atoms with E-state index in [-0.39, 0.29) is 12.0 Å². The van der Waals surface area contributed by atoms with Crippen molar-refractivity contribution in [2.24, 2.45) is 11.8 Å². The molecule has 10 heteroatoms. The zero-order valence-corrected chi connectivity index (χ0v) is 25.3. The minimum absolute atomic E-state index is 0.195. The number of H-pyrrole nitrogens is 1. The van der Waals surface area contributed by atoms with Crippen LogP contribution in [0.4, 0.5) is 10.6 Å². The van der Waals surface area contributed by atoms with Crippen molar-refractivity contribution in [2.45, 2.75) is 79.0 Å². The lowest BCUT2D eigenvalue weighted by molar-refractivity contribution is -0.143. The number of amides is 1. The average molecular weight is 555 g/mol. The summed E-state index contributed by atoms with van der Waals surface area (Å²) in [6, 6.07) is 9.47. The van der Waals surface area contributed by atoms with Crippen LogP contribution in [0.25, 0.3) is 22.2 Å². The third-order valence-electron chi connectivity index (χ3n) is 6.13. The van der Waals surface area contributed by atoms with Gasteiger partial charge in [0, 0.05) is 13.2 Å². The number of nitrogens with two attached hydrogens (primary N) is 1. The SMILES string of the molecule is CC(C)C[C@H](C(=O)O)N(C)C(=O)OC(C)(C)C.CN[C@H](CC(C)C)c1nc2ccc(-c3ccnc(N)c3)cc2[nH]1. The number of nitrogen functional groups attached to an aromatic ring is 1. The molecule has 5 N–H and O–H groups in total. The van der Waals surface area contributed by atoms with E-state index in [4.69, 9.17) is 20.6 Å². The van der Waals surface area contributed by atoms with Crippen molar-refractivity contribution in [2.75, 3.05) is 19.8 Å². The monoisotopic (exact) mass is 554 g/mol. The van der Waals surface area contributed by atoms with Crippen LogP contribution in [0.15, 0.2) is 36.5 Å². The molecule has 0 aliphatic carbocycles. The van der Waals surface area contributed by atoms with Gasteiger partial charge in [0.25, 0.3) is 0 Å². The van der Waals surface area contributed by atoms with Crippen LogP contribution in [0.5, 0.6) is 0 Å². The standard InChI is InChI=1S/C18H23N5.C12H23NO4/c1-11(2)8-16(20-3)18-22-14-5-4-12(9-15(14)23-18)13-6-7-21-17(19)10-13;1-8(2)7-9(10(14)15)13(6)11(16)17-12(3,4)5/h4-7,9-11,16,20H,8H2,1-3H3,(H2,19,21)(H,22,23);8-9H,7H2,1-6H3,(H,14,15)/t16-;9-/m11/s1. The molecule has 10 nitrogen and oxygen atoms in total. The number of pyridine rings is 1. The molecule has 0 unspecified atom stereocenters. The van der Waals surface area contributed by atoms with Crippen LogP contribution in [-0.4, -0.2) is 62.8 Å². The molecule has 220 valence electrons. The lowest BCUT2D eigenvalue weighted by atomic mass is 10.0. The average Bonchev–Trinajstić information content (AvgIpc) is 3.27. The second-order valence-electron chi connectivity index (χ2n) is 11.9. The molecule has 1 amide bonds. The molecule has 0 bridgehead atoms. The van der Waals surface area contributed by atoms with E-state index < -0.39 is 23.7 Å². The summed E-state index contributed by atoms with van der Waals surface area (Å²) in [7, 11) is 3.43. The predicted molar refractivity (Wildman–Crippen MR) is 160 cm³/mol. The number of hydrogen-bond donors (Lipinski definition) is 4. The van der Waals surface area contributed by atoms with E-state index in [9.17, 15) is 9.59 Å². The van der Waals surface area contributed by atoms with Gasteiger partial charge in [-0.25, -0.2) is 19.6 Å². The highest BCUT2D eigenvalue weighted by Gasteiger charge is 2.30. The number of imidazole rings is 1. The normalized spacial score (nSPS) is 13.1. The minimum atomic E-state index is -1.01. The van der Waals surface area contributed by atoms with E-state index in [1.165, 1.54) is 7.05 Å². The molecule has 0 saturated carbocycles. The van der Waals surface area contributed by atoms with Crippen LogP contribution in [0.3, 0.4) is 0 Å². The Morgan fingerprint density at radius 2 is 1.70 bits per heavy atom. The van der Waals surface area contributed by atoms with Crippen molar-refractivity contribution < 1.29 is 19.4 Å². The van der Waals surface area contributed by atoms with Crippen molar-refractivity contribution in [1.82, 2.24) is 25.2 Å². The van der Waals surface area contributed by atoms with Gasteiger partial charge < -0.3 is 25.9 Å². The van der Waals surface area contributed by atoms with Gasteiger partial charge in [-0.15, -0.1) is 0 Å². The molecule has 3 rings (SSSR count). The number of carboxylic acid groups (broad SMARTS) is 1. The lowest BCUT2D eigenvalue weighted by Crippen LogP contribution is -2.45. The molecule has 2 atom stereocenters. The van der Waals surface area contributed by atoms with Gasteiger partial charge in [0.05, 0.1) is 17.1 Å². The Bertz CT molecular complexity index is 1260. The number of benzene rings is 1. The summed E-state index contributed by atoms with van der Waals surface area (Å²) >= 11 is 0. The number of carbonyl (C=O) groups is 2. The van der Waals surface area contributed by atoms with Crippen molar-refractivity contribution in [3.8, 4) is 11.1 Å². The van der Waals surface area contributed by atoms with E-state index in [1.807, 2.05) is 39.1 Å². The smallest absolute Gasteiger partial charge is 0.410 e. The molecular formula is C30H46N6O4. The maximum absolute atomic E-state index is 11.7. The largest absolute Gasteiger partial charge is 0.480 e. The summed E-state index contributed by atoms with van der Waals surface area (Å²) < 4.78 is 5.14. The van der Waals surface area contributed by atoms with E-state index in [0.717, 1.165) is 39.3 Å². The summed E-state index contributed by atoms with van der Waals surface area (Å²) in [6.45, 7) is 13.5. The van der Waals surface area contributed by atoms with Gasteiger partial charge in [0.15, 0.2) is 0 Å². The number of carboxylic acids is 1. The van der Waals surface area contributed by atoms with E-state index >= 15 is 0 Å². The molecule has 2 heterocycles. The van der Waals surface area contributed by atoms with Crippen molar-refractivity contribution in [3.05, 3.63) is 42.4 Å². The fourth-order valence-electron chi connectivity index (χ4n) is 4.17. The summed E-state index contributed by atoms with van der Waals surface area (Å²) in [5.74, 6) is 1.31. The summed E-state index contributed by atoms with van der Waals surface area (Å²) in [6.07, 6.45) is 2.58. The first kappa shape index (κ1) is 32.6. The molecule has 3 aromatic rings. The Morgan fingerprint density at radius 3 is 2.23 bits per heavy atom. The first-order valence-electron chi connectivity index (χ1n) is 13.7. The van der Waals surface area contributed by atoms with Crippen molar-refractivity contribution in [1.29, 1.82) is 0 Å². The first-order valence-corrected chi connectivity index (χ1v) is 13.7. The Kier molecular flexibility index (Phi) is 11.5. The summed E-state index contributed by atoms with van der Waals surface area (Å²) in [5.41, 5.74) is 9.34. The summed E-state index contributed by atoms with van der Waals surface area (Å²) in [4.78, 5) is 36.2. The van der Waals surface area contributed by atoms with Gasteiger partial charge in [0.2, 0.25) is 0 Å². The second-order valence-corrected chi connectivity index (χ2v) is 11.9. The number of nitrogens with zero attached hydrogens (tertiary/aromatic N) is 3. The van der Waals surface area contributed by atoms with Crippen LogP contribution in [-0.2, 0) is 9.53 Å². The van der Waals surface area contributed by atoms with Crippen LogP contribution >= 0.6 is 0 Å². The molecule has 0 saturated heterocycles. The van der Waals surface area contributed by atoms with Gasteiger partial charge in [-0.05, 0) is 87.9 Å². The number of anilines is 1. The van der Waals surface area contributed by atoms with Gasteiger partial charge in [-0.2, -0.15) is 0 Å². The van der Waals surface area contributed by atoms with E-state index in [0.29, 0.717) is 18.2 Å². The highest BCUT2D eigenvalue weighted by molar-refractivity contribution is 5.82. The van der Waals surface area contributed by atoms with Crippen LogP contribution < -0.4 is 11.1 Å². The molecule has 0 spiro atoms. The Labute approximate surface area is 237 Å². The number of nitrogens with one attached hydrogen (secondary N) is 2. The highest BCUT2D eigenvalue weighted by atomic mass is 16.6. The number of fused-ring (bicyclic) bond motifs is 1. The number of aliphatic carboxylic acids is 1. The molecular weight excluding hydrogens is 508 g/mol. The zero-order valence-electron chi connectivity index (χ0n) is 25.3. The second kappa shape index (κ2) is 14.1. The number of ether oxygens (including phenoxy) is 1. The maximum atomic E-state index is 11.7. The number of likely N-dealkylation sites (N-methyl/N-ethyl adjacent to an activating group) is 1. The number of aromatic nitrogens is 3. The van der Waals surface area contributed by atoms with Crippen LogP contribution in [0.2, 0.25) is 0 Å². The Morgan fingerprint density at radius 1 is 1.07 bits per heavy atom. The molecule has 40 heavy (non-hydrogen) atoms. The first-order chi connectivity index (χ1) is 18.6.